The lowest BCUT2D eigenvalue weighted by molar-refractivity contribution is 0.600. The molecule has 9 heteroatoms. The molecule has 170 valence electrons. The van der Waals surface area contributed by atoms with E-state index >= 15 is 0 Å². The third kappa shape index (κ3) is 4.99. The summed E-state index contributed by atoms with van der Waals surface area (Å²) < 4.78 is 56.7. The lowest BCUT2D eigenvalue weighted by atomic mass is 10.0. The topological polar surface area (TPSA) is 105 Å². The average Bonchev–Trinajstić information content (AvgIpc) is 2.78. The highest BCUT2D eigenvalue weighted by Gasteiger charge is 2.19. The van der Waals surface area contributed by atoms with Crippen molar-refractivity contribution in [2.24, 2.45) is 0 Å². The van der Waals surface area contributed by atoms with Crippen molar-refractivity contribution in [1.29, 1.82) is 0 Å². The van der Waals surface area contributed by atoms with E-state index in [1.54, 1.807) is 66.7 Å². The Bertz CT molecular complexity index is 1510. The molecule has 4 aromatic rings. The van der Waals surface area contributed by atoms with Gasteiger partial charge in [0.05, 0.1) is 21.8 Å². The van der Waals surface area contributed by atoms with Crippen LogP contribution in [0.1, 0.15) is 25.3 Å². The molecule has 2 N–H and O–H groups in total. The Labute approximate surface area is 193 Å². The molecular weight excluding hydrogens is 458 g/mol. The van der Waals surface area contributed by atoms with Gasteiger partial charge in [0, 0.05) is 11.6 Å². The summed E-state index contributed by atoms with van der Waals surface area (Å²) in [5.74, 6) is 0.288. The van der Waals surface area contributed by atoms with Gasteiger partial charge in [-0.05, 0) is 53.9 Å². The minimum Gasteiger partial charge on any atom is -0.280 e. The molecule has 0 amide bonds. The van der Waals surface area contributed by atoms with Crippen LogP contribution in [-0.4, -0.2) is 21.8 Å². The second-order valence-electron chi connectivity index (χ2n) is 7.85. The maximum absolute atomic E-state index is 13.0. The molecule has 0 aliphatic heterocycles. The lowest BCUT2D eigenvalue weighted by Crippen LogP contribution is -2.15. The number of pyridine rings is 1. The van der Waals surface area contributed by atoms with Gasteiger partial charge in [-0.3, -0.25) is 14.4 Å². The van der Waals surface area contributed by atoms with Crippen LogP contribution in [0.2, 0.25) is 0 Å². The van der Waals surface area contributed by atoms with Crippen molar-refractivity contribution in [2.75, 3.05) is 9.44 Å². The molecule has 7 nitrogen and oxygen atoms in total. The van der Waals surface area contributed by atoms with E-state index in [2.05, 4.69) is 14.4 Å². The van der Waals surface area contributed by atoms with Crippen LogP contribution < -0.4 is 9.44 Å². The Morgan fingerprint density at radius 2 is 1.33 bits per heavy atom. The zero-order chi connectivity index (χ0) is 23.6. The van der Waals surface area contributed by atoms with E-state index in [4.69, 9.17) is 0 Å². The zero-order valence-corrected chi connectivity index (χ0v) is 19.7. The van der Waals surface area contributed by atoms with Gasteiger partial charge >= 0.3 is 0 Å². The number of para-hydroxylation sites is 1. The fourth-order valence-electron chi connectivity index (χ4n) is 3.40. The Morgan fingerprint density at radius 3 is 2.00 bits per heavy atom. The maximum Gasteiger partial charge on any atom is 0.264 e. The van der Waals surface area contributed by atoms with Crippen molar-refractivity contribution in [1.82, 2.24) is 4.98 Å². The minimum absolute atomic E-state index is 0.0387. The summed E-state index contributed by atoms with van der Waals surface area (Å²) in [6.07, 6.45) is 1.53. The Balaban J connectivity index is 1.59. The summed E-state index contributed by atoms with van der Waals surface area (Å²) in [6.45, 7) is 4.06. The molecule has 0 saturated heterocycles. The Morgan fingerprint density at radius 1 is 0.727 bits per heavy atom. The molecule has 0 fully saturated rings. The van der Waals surface area contributed by atoms with Gasteiger partial charge in [-0.15, -0.1) is 0 Å². The van der Waals surface area contributed by atoms with Crippen LogP contribution in [0.25, 0.3) is 10.9 Å². The van der Waals surface area contributed by atoms with Gasteiger partial charge in [-0.25, -0.2) is 16.8 Å². The van der Waals surface area contributed by atoms with Gasteiger partial charge in [0.15, 0.2) is 0 Å². The summed E-state index contributed by atoms with van der Waals surface area (Å²) in [5, 5.41) is 0.699. The first kappa shape index (κ1) is 22.8. The molecule has 1 aromatic heterocycles. The van der Waals surface area contributed by atoms with Gasteiger partial charge in [0.25, 0.3) is 20.0 Å². The summed E-state index contributed by atoms with van der Waals surface area (Å²) in [4.78, 5) is 4.36. The third-order valence-corrected chi connectivity index (χ3v) is 7.92. The third-order valence-electron chi connectivity index (χ3n) is 5.11. The molecule has 0 radical (unpaired) electrons. The zero-order valence-electron chi connectivity index (χ0n) is 18.1. The molecule has 3 aromatic carbocycles. The number of nitrogens with zero attached hydrogens (tertiary/aromatic N) is 1. The number of fused-ring (bicyclic) bond motifs is 1. The summed E-state index contributed by atoms with van der Waals surface area (Å²) in [6, 6.07) is 21.2. The van der Waals surface area contributed by atoms with Crippen molar-refractivity contribution in [3.8, 4) is 0 Å². The Hall–Kier alpha value is -3.43. The molecule has 0 aliphatic rings. The van der Waals surface area contributed by atoms with E-state index in [1.807, 2.05) is 13.8 Å². The lowest BCUT2D eigenvalue weighted by Gasteiger charge is -2.13. The fourth-order valence-corrected chi connectivity index (χ4v) is 5.67. The van der Waals surface area contributed by atoms with Gasteiger partial charge in [-0.2, -0.15) is 0 Å². The highest BCUT2D eigenvalue weighted by Crippen LogP contribution is 2.26. The first-order valence-corrected chi connectivity index (χ1v) is 13.2. The van der Waals surface area contributed by atoms with Crippen molar-refractivity contribution in [3.05, 3.63) is 90.6 Å². The van der Waals surface area contributed by atoms with Crippen LogP contribution in [0.3, 0.4) is 0 Å². The van der Waals surface area contributed by atoms with Gasteiger partial charge in [-0.1, -0.05) is 50.2 Å². The number of hydrogen-bond donors (Lipinski definition) is 2. The number of anilines is 2. The maximum atomic E-state index is 13.0. The van der Waals surface area contributed by atoms with E-state index in [9.17, 15) is 16.8 Å². The monoisotopic (exact) mass is 481 g/mol. The highest BCUT2D eigenvalue weighted by molar-refractivity contribution is 7.93. The largest absolute Gasteiger partial charge is 0.280 e. The van der Waals surface area contributed by atoms with E-state index in [0.717, 1.165) is 5.56 Å². The van der Waals surface area contributed by atoms with Crippen molar-refractivity contribution in [3.63, 3.8) is 0 Å². The molecule has 0 bridgehead atoms. The van der Waals surface area contributed by atoms with Crippen LogP contribution in [-0.2, 0) is 20.0 Å². The number of rotatable bonds is 7. The number of sulfonamides is 2. The van der Waals surface area contributed by atoms with Crippen LogP contribution in [0.15, 0.2) is 94.9 Å². The molecule has 0 unspecified atom stereocenters. The average molecular weight is 482 g/mol. The van der Waals surface area contributed by atoms with Crippen LogP contribution in [0.4, 0.5) is 11.4 Å². The number of hydrogen-bond acceptors (Lipinski definition) is 5. The Kier molecular flexibility index (Phi) is 6.09. The summed E-state index contributed by atoms with van der Waals surface area (Å²) in [5.41, 5.74) is 1.85. The minimum atomic E-state index is -3.96. The molecule has 1 heterocycles. The first-order chi connectivity index (χ1) is 15.7. The predicted molar refractivity (Wildman–Crippen MR) is 130 cm³/mol. The molecule has 0 aliphatic carbocycles. The smallest absolute Gasteiger partial charge is 0.264 e. The van der Waals surface area contributed by atoms with Crippen LogP contribution in [0.5, 0.6) is 0 Å². The van der Waals surface area contributed by atoms with Crippen molar-refractivity contribution in [2.45, 2.75) is 29.6 Å². The van der Waals surface area contributed by atoms with E-state index in [-0.39, 0.29) is 27.1 Å². The molecule has 0 spiro atoms. The molecule has 33 heavy (non-hydrogen) atoms. The standard InChI is InChI=1S/C24H23N3O4S2/c1-17(2)18-11-13-22(14-12-18)32(28,29)26-20-8-4-9-21(16-20)27-33(30,31)23-10-3-6-19-7-5-15-25-24(19)23/h3-17,26-27H,1-2H3. The first-order valence-electron chi connectivity index (χ1n) is 10.3. The number of benzene rings is 3. The fraction of sp³-hybridized carbons (Fsp3) is 0.125. The van der Waals surface area contributed by atoms with E-state index < -0.39 is 20.0 Å². The van der Waals surface area contributed by atoms with Crippen molar-refractivity contribution < 1.29 is 16.8 Å². The van der Waals surface area contributed by atoms with Crippen LogP contribution >= 0.6 is 0 Å². The van der Waals surface area contributed by atoms with Gasteiger partial charge < -0.3 is 0 Å². The van der Waals surface area contributed by atoms with Crippen LogP contribution in [0, 0.1) is 0 Å². The van der Waals surface area contributed by atoms with Crippen molar-refractivity contribution >= 4 is 42.3 Å². The number of aromatic nitrogens is 1. The van der Waals surface area contributed by atoms with E-state index in [1.165, 1.54) is 18.3 Å². The highest BCUT2D eigenvalue weighted by atomic mass is 32.2. The number of nitrogens with one attached hydrogen (secondary N) is 2. The molecule has 0 saturated carbocycles. The van der Waals surface area contributed by atoms with Gasteiger partial charge in [0.2, 0.25) is 0 Å². The normalized spacial score (nSPS) is 12.1. The SMILES string of the molecule is CC(C)c1ccc(S(=O)(=O)Nc2cccc(NS(=O)(=O)c3cccc4cccnc34)c2)cc1. The molecule has 0 atom stereocenters. The second-order valence-corrected chi connectivity index (χ2v) is 11.2. The predicted octanol–water partition coefficient (Wildman–Crippen LogP) is 4.96. The molecule has 4 rings (SSSR count). The second kappa shape index (κ2) is 8.84. The quantitative estimate of drug-likeness (QED) is 0.388. The van der Waals surface area contributed by atoms with Gasteiger partial charge in [0.1, 0.15) is 4.90 Å². The summed E-state index contributed by atoms with van der Waals surface area (Å²) in [7, 11) is -7.79. The summed E-state index contributed by atoms with van der Waals surface area (Å²) >= 11 is 0. The van der Waals surface area contributed by atoms with E-state index in [0.29, 0.717) is 10.9 Å². The molecular formula is C24H23N3O4S2.